The number of aromatic amines is 1. The molecule has 180 valence electrons. The molecule has 5 N–H and O–H groups in total. The van der Waals surface area contributed by atoms with Crippen molar-refractivity contribution in [3.63, 3.8) is 0 Å². The Bertz CT molecular complexity index is 1420. The first-order valence-electron chi connectivity index (χ1n) is 11.1. The lowest BCUT2D eigenvalue weighted by atomic mass is 10.1. The van der Waals surface area contributed by atoms with Crippen LogP contribution >= 0.6 is 0 Å². The van der Waals surface area contributed by atoms with Crippen molar-refractivity contribution >= 4 is 46.2 Å². The van der Waals surface area contributed by atoms with E-state index in [1.165, 1.54) is 0 Å². The molecule has 5 rings (SSSR count). The predicted molar refractivity (Wildman–Crippen MR) is 130 cm³/mol. The Morgan fingerprint density at radius 1 is 1.20 bits per heavy atom. The molecule has 1 saturated heterocycles. The maximum atomic E-state index is 11.4. The smallest absolute Gasteiger partial charge is 0.417 e. The number of H-pyrrole nitrogens is 1. The summed E-state index contributed by atoms with van der Waals surface area (Å²) in [6.45, 7) is 3.28. The molecule has 0 radical (unpaired) electrons. The third kappa shape index (κ3) is 5.16. The molecule has 1 aliphatic rings. The van der Waals surface area contributed by atoms with Crippen molar-refractivity contribution in [2.24, 2.45) is 5.73 Å². The van der Waals surface area contributed by atoms with E-state index in [1.807, 2.05) is 19.1 Å². The summed E-state index contributed by atoms with van der Waals surface area (Å²) in [7, 11) is 0. The van der Waals surface area contributed by atoms with Crippen LogP contribution in [0.15, 0.2) is 51.9 Å². The number of piperidine rings is 1. The summed E-state index contributed by atoms with van der Waals surface area (Å²) in [5, 5.41) is 6.41. The van der Waals surface area contributed by atoms with Crippen LogP contribution in [-0.4, -0.2) is 45.2 Å². The molecule has 0 aliphatic carbocycles. The normalized spacial score (nSPS) is 15.7. The first-order valence-corrected chi connectivity index (χ1v) is 11.1. The van der Waals surface area contributed by atoms with Crippen LogP contribution in [0.2, 0.25) is 0 Å². The number of amides is 1. The average molecular weight is 476 g/mol. The lowest BCUT2D eigenvalue weighted by Gasteiger charge is -2.32. The number of benzene rings is 1. The number of nitrogens with one attached hydrogen (secondary N) is 3. The van der Waals surface area contributed by atoms with Crippen molar-refractivity contribution in [1.29, 1.82) is 0 Å². The number of primary amides is 1. The summed E-state index contributed by atoms with van der Waals surface area (Å²) in [5.74, 6) is 1.30. The SMILES string of the molecule is Cc1cnc(Nc2ccc(N3CCCC(OC(N)=O)C3)nc2)nc1Nc1ccc2oc(=O)[nH]c2c1. The first-order chi connectivity index (χ1) is 16.9. The van der Waals surface area contributed by atoms with Gasteiger partial charge in [-0.3, -0.25) is 4.98 Å². The Morgan fingerprint density at radius 3 is 2.86 bits per heavy atom. The fourth-order valence-corrected chi connectivity index (χ4v) is 3.98. The van der Waals surface area contributed by atoms with Gasteiger partial charge in [-0.2, -0.15) is 4.98 Å². The second-order valence-corrected chi connectivity index (χ2v) is 8.25. The van der Waals surface area contributed by atoms with E-state index in [4.69, 9.17) is 14.9 Å². The highest BCUT2D eigenvalue weighted by Crippen LogP contribution is 2.24. The Morgan fingerprint density at radius 2 is 2.06 bits per heavy atom. The lowest BCUT2D eigenvalue weighted by Crippen LogP contribution is -2.41. The van der Waals surface area contributed by atoms with Gasteiger partial charge in [0, 0.05) is 24.0 Å². The third-order valence-corrected chi connectivity index (χ3v) is 5.64. The second kappa shape index (κ2) is 9.33. The number of fused-ring (bicyclic) bond motifs is 1. The van der Waals surface area contributed by atoms with Crippen LogP contribution in [0.25, 0.3) is 11.1 Å². The van der Waals surface area contributed by atoms with E-state index in [1.54, 1.807) is 30.6 Å². The molecular formula is C23H24N8O4. The molecule has 1 atom stereocenters. The van der Waals surface area contributed by atoms with Gasteiger partial charge in [0.25, 0.3) is 0 Å². The van der Waals surface area contributed by atoms with Crippen molar-refractivity contribution in [1.82, 2.24) is 19.9 Å². The number of rotatable bonds is 6. The number of nitrogens with two attached hydrogens (primary N) is 1. The van der Waals surface area contributed by atoms with Gasteiger partial charge in [0.05, 0.1) is 23.9 Å². The highest BCUT2D eigenvalue weighted by Gasteiger charge is 2.23. The van der Waals surface area contributed by atoms with Crippen LogP contribution in [0.4, 0.5) is 33.8 Å². The van der Waals surface area contributed by atoms with Crippen LogP contribution in [0.1, 0.15) is 18.4 Å². The molecule has 1 aromatic carbocycles. The van der Waals surface area contributed by atoms with Crippen molar-refractivity contribution in [2.45, 2.75) is 25.9 Å². The molecule has 1 unspecified atom stereocenters. The van der Waals surface area contributed by atoms with E-state index >= 15 is 0 Å². The van der Waals surface area contributed by atoms with Crippen LogP contribution < -0.4 is 27.0 Å². The predicted octanol–water partition coefficient (Wildman–Crippen LogP) is 3.17. The van der Waals surface area contributed by atoms with E-state index in [0.717, 1.165) is 42.1 Å². The molecule has 1 aliphatic heterocycles. The molecule has 0 bridgehead atoms. The number of carbonyl (C=O) groups excluding carboxylic acids is 1. The maximum absolute atomic E-state index is 11.4. The number of aromatic nitrogens is 4. The number of ether oxygens (including phenoxy) is 1. The van der Waals surface area contributed by atoms with Crippen molar-refractivity contribution in [3.8, 4) is 0 Å². The Balaban J connectivity index is 1.27. The fourth-order valence-electron chi connectivity index (χ4n) is 3.98. The quantitative estimate of drug-likeness (QED) is 0.325. The second-order valence-electron chi connectivity index (χ2n) is 8.25. The molecular weight excluding hydrogens is 452 g/mol. The average Bonchev–Trinajstić information content (AvgIpc) is 3.21. The molecule has 35 heavy (non-hydrogen) atoms. The van der Waals surface area contributed by atoms with Gasteiger partial charge in [-0.1, -0.05) is 0 Å². The monoisotopic (exact) mass is 476 g/mol. The summed E-state index contributed by atoms with van der Waals surface area (Å²) >= 11 is 0. The molecule has 12 nitrogen and oxygen atoms in total. The van der Waals surface area contributed by atoms with E-state index in [9.17, 15) is 9.59 Å². The van der Waals surface area contributed by atoms with E-state index in [-0.39, 0.29) is 6.10 Å². The van der Waals surface area contributed by atoms with Crippen LogP contribution in [-0.2, 0) is 4.74 Å². The standard InChI is InChI=1S/C23H24N8O4/c1-13-10-26-22(30-20(13)27-14-4-6-18-17(9-14)29-23(33)35-18)28-15-5-7-19(25-11-15)31-8-2-3-16(12-31)34-21(24)32/h4-7,9-11,16H,2-3,8,12H2,1H3,(H2,24,32)(H,29,33)(H2,26,27,28,30). The van der Waals surface area contributed by atoms with Crippen LogP contribution in [0, 0.1) is 6.92 Å². The number of nitrogens with zero attached hydrogens (tertiary/aromatic N) is 4. The molecule has 3 aromatic heterocycles. The Kier molecular flexibility index (Phi) is 5.92. The fraction of sp³-hybridized carbons (Fsp3) is 0.261. The molecule has 0 saturated carbocycles. The van der Waals surface area contributed by atoms with Crippen LogP contribution in [0.3, 0.4) is 0 Å². The number of oxazole rings is 1. The van der Waals surface area contributed by atoms with Gasteiger partial charge < -0.3 is 30.4 Å². The minimum absolute atomic E-state index is 0.234. The van der Waals surface area contributed by atoms with Gasteiger partial charge in [0.15, 0.2) is 5.58 Å². The van der Waals surface area contributed by atoms with Gasteiger partial charge in [-0.05, 0) is 50.1 Å². The summed E-state index contributed by atoms with van der Waals surface area (Å²) in [6, 6.07) is 9.07. The largest absolute Gasteiger partial charge is 0.445 e. The first kappa shape index (κ1) is 22.2. The van der Waals surface area contributed by atoms with Crippen molar-refractivity contribution < 1.29 is 13.9 Å². The minimum atomic E-state index is -0.756. The highest BCUT2D eigenvalue weighted by atomic mass is 16.6. The van der Waals surface area contributed by atoms with Crippen molar-refractivity contribution in [2.75, 3.05) is 28.6 Å². The molecule has 4 heterocycles. The Labute approximate surface area is 199 Å². The van der Waals surface area contributed by atoms with Gasteiger partial charge in [0.1, 0.15) is 17.7 Å². The number of hydrogen-bond donors (Lipinski definition) is 4. The van der Waals surface area contributed by atoms with Crippen molar-refractivity contribution in [3.05, 3.63) is 58.8 Å². The minimum Gasteiger partial charge on any atom is -0.445 e. The third-order valence-electron chi connectivity index (χ3n) is 5.64. The Hall–Kier alpha value is -4.61. The number of pyridine rings is 1. The zero-order chi connectivity index (χ0) is 24.4. The summed E-state index contributed by atoms with van der Waals surface area (Å²) in [5.41, 5.74) is 8.55. The number of aryl methyl sites for hydroxylation is 1. The number of anilines is 5. The van der Waals surface area contributed by atoms with E-state index in [2.05, 4.69) is 35.5 Å². The zero-order valence-corrected chi connectivity index (χ0v) is 18.9. The number of hydrogen-bond acceptors (Lipinski definition) is 10. The maximum Gasteiger partial charge on any atom is 0.417 e. The molecule has 4 aromatic rings. The zero-order valence-electron chi connectivity index (χ0n) is 18.9. The molecule has 12 heteroatoms. The lowest BCUT2D eigenvalue weighted by molar-refractivity contribution is 0.0964. The van der Waals surface area contributed by atoms with E-state index in [0.29, 0.717) is 29.4 Å². The summed E-state index contributed by atoms with van der Waals surface area (Å²) < 4.78 is 10.2. The highest BCUT2D eigenvalue weighted by molar-refractivity contribution is 5.78. The van der Waals surface area contributed by atoms with Crippen LogP contribution in [0.5, 0.6) is 0 Å². The summed E-state index contributed by atoms with van der Waals surface area (Å²) in [6.07, 6.45) is 4.10. The molecule has 1 fully saturated rings. The van der Waals surface area contributed by atoms with E-state index < -0.39 is 11.8 Å². The van der Waals surface area contributed by atoms with Gasteiger partial charge >= 0.3 is 11.8 Å². The summed E-state index contributed by atoms with van der Waals surface area (Å²) in [4.78, 5) is 40.6. The van der Waals surface area contributed by atoms with Gasteiger partial charge in [-0.25, -0.2) is 19.6 Å². The molecule has 0 spiro atoms. The number of carbonyl (C=O) groups is 1. The van der Waals surface area contributed by atoms with Gasteiger partial charge in [0.2, 0.25) is 5.95 Å². The van der Waals surface area contributed by atoms with Gasteiger partial charge in [-0.15, -0.1) is 0 Å². The topological polar surface area (TPSA) is 164 Å². The molecule has 1 amide bonds.